The van der Waals surface area contributed by atoms with E-state index in [2.05, 4.69) is 42.5 Å². The number of aromatic nitrogens is 2. The van der Waals surface area contributed by atoms with Crippen molar-refractivity contribution in [3.05, 3.63) is 47.3 Å². The quantitative estimate of drug-likeness (QED) is 0.660. The molecule has 1 aromatic carbocycles. The summed E-state index contributed by atoms with van der Waals surface area (Å²) in [6, 6.07) is 10.1. The Kier molecular flexibility index (Phi) is 7.12. The van der Waals surface area contributed by atoms with Gasteiger partial charge in [0.05, 0.1) is 11.4 Å². The van der Waals surface area contributed by atoms with Gasteiger partial charge in [-0.25, -0.2) is 4.98 Å². The summed E-state index contributed by atoms with van der Waals surface area (Å²) in [7, 11) is 0. The second-order valence-corrected chi connectivity index (χ2v) is 7.69. The first kappa shape index (κ1) is 19.6. The van der Waals surface area contributed by atoms with Crippen molar-refractivity contribution in [3.8, 4) is 0 Å². The van der Waals surface area contributed by atoms with Crippen LogP contribution in [0.5, 0.6) is 0 Å². The summed E-state index contributed by atoms with van der Waals surface area (Å²) in [5.74, 6) is 1.13. The molecular weight excluding hydrogens is 330 g/mol. The van der Waals surface area contributed by atoms with Crippen LogP contribution in [0.2, 0.25) is 0 Å². The molecule has 0 saturated heterocycles. The zero-order valence-corrected chi connectivity index (χ0v) is 16.8. The number of hydrogen-bond acceptors (Lipinski definition) is 3. The minimum atomic E-state index is 0.158. The van der Waals surface area contributed by atoms with Crippen LogP contribution in [0.3, 0.4) is 0 Å². The number of amides is 1. The number of rotatable bonds is 8. The van der Waals surface area contributed by atoms with Crippen LogP contribution in [0, 0.1) is 19.8 Å². The molecule has 0 N–H and O–H groups in total. The largest absolute Gasteiger partial charge is 0.338 e. The number of imidazole rings is 1. The Morgan fingerprint density at radius 2 is 1.92 bits per heavy atom. The predicted octanol–water partition coefficient (Wildman–Crippen LogP) is 4.30. The van der Waals surface area contributed by atoms with E-state index in [9.17, 15) is 4.79 Å². The predicted molar refractivity (Wildman–Crippen MR) is 105 cm³/mol. The Balaban J connectivity index is 2.02. The summed E-state index contributed by atoms with van der Waals surface area (Å²) in [4.78, 5) is 19.2. The van der Waals surface area contributed by atoms with Crippen molar-refractivity contribution >= 4 is 17.7 Å². The maximum absolute atomic E-state index is 12.6. The first-order chi connectivity index (χ1) is 11.9. The number of nitrogens with zero attached hydrogens (tertiary/aromatic N) is 3. The van der Waals surface area contributed by atoms with E-state index in [4.69, 9.17) is 0 Å². The average molecular weight is 360 g/mol. The summed E-state index contributed by atoms with van der Waals surface area (Å²) >= 11 is 1.55. The maximum atomic E-state index is 12.6. The third-order valence-corrected chi connectivity index (χ3v) is 5.21. The Morgan fingerprint density at radius 1 is 1.24 bits per heavy atom. The number of carbonyl (C=O) groups excluding carboxylic acids is 1. The molecule has 136 valence electrons. The third-order valence-electron chi connectivity index (χ3n) is 4.25. The van der Waals surface area contributed by atoms with E-state index in [0.29, 0.717) is 24.8 Å². The van der Waals surface area contributed by atoms with Crippen LogP contribution < -0.4 is 0 Å². The highest BCUT2D eigenvalue weighted by atomic mass is 32.2. The third kappa shape index (κ3) is 5.36. The van der Waals surface area contributed by atoms with Crippen LogP contribution >= 0.6 is 11.8 Å². The molecule has 0 spiro atoms. The SMILES string of the molecule is CCN(Cc1ccccc1)C(=O)CSc1nc(C)c(C)n1CC(C)C. The van der Waals surface area contributed by atoms with Gasteiger partial charge < -0.3 is 9.47 Å². The van der Waals surface area contributed by atoms with Crippen molar-refractivity contribution in [2.24, 2.45) is 5.92 Å². The fourth-order valence-corrected chi connectivity index (χ4v) is 3.72. The Morgan fingerprint density at radius 3 is 2.52 bits per heavy atom. The lowest BCUT2D eigenvalue weighted by Crippen LogP contribution is -2.31. The average Bonchev–Trinajstić information content (AvgIpc) is 2.85. The number of carbonyl (C=O) groups is 1. The molecule has 5 heteroatoms. The van der Waals surface area contributed by atoms with Gasteiger partial charge in [0.25, 0.3) is 0 Å². The van der Waals surface area contributed by atoms with Crippen molar-refractivity contribution in [1.29, 1.82) is 0 Å². The van der Waals surface area contributed by atoms with Crippen LogP contribution in [0.4, 0.5) is 0 Å². The van der Waals surface area contributed by atoms with Gasteiger partial charge in [0.2, 0.25) is 5.91 Å². The van der Waals surface area contributed by atoms with Gasteiger partial charge in [-0.2, -0.15) is 0 Å². The Hall–Kier alpha value is -1.75. The van der Waals surface area contributed by atoms with Gasteiger partial charge in [-0.1, -0.05) is 55.9 Å². The van der Waals surface area contributed by atoms with Crippen molar-refractivity contribution in [3.63, 3.8) is 0 Å². The van der Waals surface area contributed by atoms with Gasteiger partial charge in [0, 0.05) is 25.3 Å². The summed E-state index contributed by atoms with van der Waals surface area (Å²) < 4.78 is 2.24. The van der Waals surface area contributed by atoms with Crippen molar-refractivity contribution in [2.75, 3.05) is 12.3 Å². The van der Waals surface area contributed by atoms with Gasteiger partial charge >= 0.3 is 0 Å². The monoisotopic (exact) mass is 359 g/mol. The van der Waals surface area contributed by atoms with E-state index in [1.165, 1.54) is 5.69 Å². The molecule has 0 aliphatic heterocycles. The van der Waals surface area contributed by atoms with E-state index in [1.54, 1.807) is 11.8 Å². The van der Waals surface area contributed by atoms with E-state index in [0.717, 1.165) is 23.0 Å². The zero-order valence-electron chi connectivity index (χ0n) is 16.0. The van der Waals surface area contributed by atoms with Crippen LogP contribution in [0.15, 0.2) is 35.5 Å². The molecule has 0 atom stereocenters. The molecule has 0 aliphatic rings. The van der Waals surface area contributed by atoms with Crippen LogP contribution in [-0.4, -0.2) is 32.7 Å². The molecule has 1 amide bonds. The summed E-state index contributed by atoms with van der Waals surface area (Å²) in [6.07, 6.45) is 0. The molecule has 0 aliphatic carbocycles. The molecule has 0 radical (unpaired) electrons. The first-order valence-electron chi connectivity index (χ1n) is 8.90. The zero-order chi connectivity index (χ0) is 18.4. The topological polar surface area (TPSA) is 38.1 Å². The highest BCUT2D eigenvalue weighted by molar-refractivity contribution is 7.99. The number of aryl methyl sites for hydroxylation is 1. The van der Waals surface area contributed by atoms with Crippen LogP contribution in [-0.2, 0) is 17.9 Å². The van der Waals surface area contributed by atoms with Crippen molar-refractivity contribution < 1.29 is 4.79 Å². The lowest BCUT2D eigenvalue weighted by molar-refractivity contribution is -0.128. The molecule has 0 bridgehead atoms. The molecule has 2 rings (SSSR count). The molecule has 1 heterocycles. The van der Waals surface area contributed by atoms with Crippen molar-refractivity contribution in [1.82, 2.24) is 14.5 Å². The standard InChI is InChI=1S/C20H29N3OS/c1-6-22(13-18-10-8-7-9-11-18)19(24)14-25-20-21-16(4)17(5)23(20)12-15(2)3/h7-11,15H,6,12-14H2,1-5H3. The summed E-state index contributed by atoms with van der Waals surface area (Å²) in [5, 5.41) is 0.952. The minimum Gasteiger partial charge on any atom is -0.338 e. The second kappa shape index (κ2) is 9.09. The van der Waals surface area contributed by atoms with E-state index in [1.807, 2.05) is 36.9 Å². The number of hydrogen-bond donors (Lipinski definition) is 0. The van der Waals surface area contributed by atoms with Crippen LogP contribution in [0.1, 0.15) is 37.7 Å². The molecule has 1 aromatic heterocycles. The molecule has 4 nitrogen and oxygen atoms in total. The van der Waals surface area contributed by atoms with E-state index < -0.39 is 0 Å². The summed E-state index contributed by atoms with van der Waals surface area (Å²) in [6.45, 7) is 12.9. The fraction of sp³-hybridized carbons (Fsp3) is 0.500. The lowest BCUT2D eigenvalue weighted by atomic mass is 10.2. The van der Waals surface area contributed by atoms with Gasteiger partial charge in [-0.05, 0) is 32.3 Å². The van der Waals surface area contributed by atoms with Gasteiger partial charge in [-0.3, -0.25) is 4.79 Å². The smallest absolute Gasteiger partial charge is 0.233 e. The minimum absolute atomic E-state index is 0.158. The van der Waals surface area contributed by atoms with Gasteiger partial charge in [-0.15, -0.1) is 0 Å². The molecule has 25 heavy (non-hydrogen) atoms. The summed E-state index contributed by atoms with van der Waals surface area (Å²) in [5.41, 5.74) is 3.41. The normalized spacial score (nSPS) is 11.1. The van der Waals surface area contributed by atoms with Crippen LogP contribution in [0.25, 0.3) is 0 Å². The van der Waals surface area contributed by atoms with Crippen molar-refractivity contribution in [2.45, 2.75) is 52.9 Å². The molecule has 0 fully saturated rings. The van der Waals surface area contributed by atoms with E-state index in [-0.39, 0.29) is 5.91 Å². The van der Waals surface area contributed by atoms with E-state index >= 15 is 0 Å². The Labute approximate surface area is 155 Å². The Bertz CT molecular complexity index is 694. The number of benzene rings is 1. The fourth-order valence-electron chi connectivity index (χ4n) is 2.71. The highest BCUT2D eigenvalue weighted by Gasteiger charge is 2.17. The lowest BCUT2D eigenvalue weighted by Gasteiger charge is -2.21. The maximum Gasteiger partial charge on any atom is 0.233 e. The molecular formula is C20H29N3OS. The van der Waals surface area contributed by atoms with Gasteiger partial charge in [0.1, 0.15) is 0 Å². The highest BCUT2D eigenvalue weighted by Crippen LogP contribution is 2.23. The molecule has 2 aromatic rings. The molecule has 0 saturated carbocycles. The second-order valence-electron chi connectivity index (χ2n) is 6.75. The number of thioether (sulfide) groups is 1. The first-order valence-corrected chi connectivity index (χ1v) is 9.89. The molecule has 0 unspecified atom stereocenters. The van der Waals surface area contributed by atoms with Gasteiger partial charge in [0.15, 0.2) is 5.16 Å².